The fourth-order valence-electron chi connectivity index (χ4n) is 1.14. The van der Waals surface area contributed by atoms with Crippen molar-refractivity contribution in [2.24, 2.45) is 0 Å². The Morgan fingerprint density at radius 3 is 2.71 bits per heavy atom. The summed E-state index contributed by atoms with van der Waals surface area (Å²) in [5.74, 6) is -1.07. The molecule has 1 heterocycles. The zero-order valence-electron chi connectivity index (χ0n) is 7.01. The maximum atomic E-state index is 10.6. The second-order valence-electron chi connectivity index (χ2n) is 2.78. The first-order valence-electron chi connectivity index (χ1n) is 3.86. The Hall–Kier alpha value is -2.17. The first kappa shape index (κ1) is 8.43. The van der Waals surface area contributed by atoms with E-state index in [2.05, 4.69) is 10.2 Å². The second kappa shape index (κ2) is 2.95. The maximum Gasteiger partial charge on any atom is 0.356 e. The molecule has 5 heteroatoms. The van der Waals surface area contributed by atoms with Gasteiger partial charge >= 0.3 is 5.97 Å². The molecule has 0 aliphatic rings. The Morgan fingerprint density at radius 2 is 2.00 bits per heavy atom. The summed E-state index contributed by atoms with van der Waals surface area (Å²) in [5, 5.41) is 25.6. The van der Waals surface area contributed by atoms with Crippen molar-refractivity contribution < 1.29 is 15.0 Å². The van der Waals surface area contributed by atoms with Gasteiger partial charge in [-0.2, -0.15) is 0 Å². The molecule has 2 rings (SSSR count). The fraction of sp³-hybridized carbons (Fsp3) is 0. The molecule has 0 aliphatic carbocycles. The van der Waals surface area contributed by atoms with E-state index < -0.39 is 5.97 Å². The van der Waals surface area contributed by atoms with Crippen molar-refractivity contribution in [2.75, 3.05) is 0 Å². The third kappa shape index (κ3) is 1.35. The molecule has 2 N–H and O–H groups in total. The highest BCUT2D eigenvalue weighted by atomic mass is 16.4. The zero-order chi connectivity index (χ0) is 10.1. The van der Waals surface area contributed by atoms with Gasteiger partial charge in [0, 0.05) is 5.39 Å². The molecule has 2 aromatic rings. The largest absolute Gasteiger partial charge is 0.508 e. The van der Waals surface area contributed by atoms with E-state index in [4.69, 9.17) is 10.2 Å². The van der Waals surface area contributed by atoms with Crippen LogP contribution in [0.25, 0.3) is 10.9 Å². The van der Waals surface area contributed by atoms with E-state index in [1.54, 1.807) is 6.07 Å². The molecule has 0 fully saturated rings. The normalized spacial score (nSPS) is 10.3. The standard InChI is InChI=1S/C9H6N2O3/c12-6-1-2-7-5(3-6)4-8(9(13)14)11-10-7/h1-4,12H,(H,13,14). The smallest absolute Gasteiger partial charge is 0.356 e. The molecule has 0 amide bonds. The number of nitrogens with zero attached hydrogens (tertiary/aromatic N) is 2. The Morgan fingerprint density at radius 1 is 1.21 bits per heavy atom. The monoisotopic (exact) mass is 190 g/mol. The molecule has 0 bridgehead atoms. The minimum Gasteiger partial charge on any atom is -0.508 e. The van der Waals surface area contributed by atoms with Gasteiger partial charge in [-0.3, -0.25) is 0 Å². The van der Waals surface area contributed by atoms with Crippen LogP contribution in [-0.4, -0.2) is 26.4 Å². The van der Waals surface area contributed by atoms with Gasteiger partial charge in [0.1, 0.15) is 5.75 Å². The average Bonchev–Trinajstić information content (AvgIpc) is 2.16. The van der Waals surface area contributed by atoms with E-state index in [0.29, 0.717) is 10.9 Å². The average molecular weight is 190 g/mol. The highest BCUT2D eigenvalue weighted by Crippen LogP contribution is 2.17. The molecule has 5 nitrogen and oxygen atoms in total. The summed E-state index contributed by atoms with van der Waals surface area (Å²) in [5.41, 5.74) is 0.413. The molecule has 1 aromatic heterocycles. The van der Waals surface area contributed by atoms with E-state index >= 15 is 0 Å². The molecule has 0 saturated heterocycles. The zero-order valence-corrected chi connectivity index (χ0v) is 7.01. The van der Waals surface area contributed by atoms with E-state index in [-0.39, 0.29) is 11.4 Å². The van der Waals surface area contributed by atoms with Crippen LogP contribution in [0.3, 0.4) is 0 Å². The lowest BCUT2D eigenvalue weighted by atomic mass is 10.2. The van der Waals surface area contributed by atoms with Gasteiger partial charge in [-0.05, 0) is 24.3 Å². The van der Waals surface area contributed by atoms with Crippen LogP contribution < -0.4 is 0 Å². The van der Waals surface area contributed by atoms with Crippen molar-refractivity contribution >= 4 is 16.9 Å². The quantitative estimate of drug-likeness (QED) is 0.701. The van der Waals surface area contributed by atoms with Gasteiger partial charge < -0.3 is 10.2 Å². The lowest BCUT2D eigenvalue weighted by molar-refractivity contribution is 0.0689. The number of hydrogen-bond donors (Lipinski definition) is 2. The number of rotatable bonds is 1. The van der Waals surface area contributed by atoms with Gasteiger partial charge in [0.25, 0.3) is 0 Å². The summed E-state index contributed by atoms with van der Waals surface area (Å²) in [7, 11) is 0. The summed E-state index contributed by atoms with van der Waals surface area (Å²) < 4.78 is 0. The summed E-state index contributed by atoms with van der Waals surface area (Å²) in [6.45, 7) is 0. The molecule has 0 saturated carbocycles. The molecule has 0 radical (unpaired) electrons. The van der Waals surface area contributed by atoms with Crippen molar-refractivity contribution in [1.29, 1.82) is 0 Å². The Bertz CT molecular complexity index is 510. The van der Waals surface area contributed by atoms with Crippen molar-refractivity contribution in [3.05, 3.63) is 30.0 Å². The predicted molar refractivity (Wildman–Crippen MR) is 48.2 cm³/mol. The first-order chi connectivity index (χ1) is 6.66. The Labute approximate surface area is 78.6 Å². The Balaban J connectivity index is 2.69. The summed E-state index contributed by atoms with van der Waals surface area (Å²) in [6, 6.07) is 5.85. The molecular formula is C9H6N2O3. The second-order valence-corrected chi connectivity index (χ2v) is 2.78. The lowest BCUT2D eigenvalue weighted by Crippen LogP contribution is -2.01. The van der Waals surface area contributed by atoms with Crippen LogP contribution in [0.15, 0.2) is 24.3 Å². The number of hydrogen-bond acceptors (Lipinski definition) is 4. The van der Waals surface area contributed by atoms with Gasteiger partial charge in [-0.1, -0.05) is 0 Å². The number of aromatic nitrogens is 2. The van der Waals surface area contributed by atoms with Crippen LogP contribution in [0.5, 0.6) is 5.75 Å². The number of carboxylic acid groups (broad SMARTS) is 1. The van der Waals surface area contributed by atoms with Crippen LogP contribution in [0.2, 0.25) is 0 Å². The van der Waals surface area contributed by atoms with Crippen molar-refractivity contribution in [3.63, 3.8) is 0 Å². The predicted octanol–water partition coefficient (Wildman–Crippen LogP) is 1.03. The van der Waals surface area contributed by atoms with Gasteiger partial charge in [0.15, 0.2) is 5.69 Å². The van der Waals surface area contributed by atoms with Gasteiger partial charge in [0.2, 0.25) is 0 Å². The van der Waals surface area contributed by atoms with Gasteiger partial charge in [-0.15, -0.1) is 10.2 Å². The molecule has 70 valence electrons. The molecular weight excluding hydrogens is 184 g/mol. The van der Waals surface area contributed by atoms with E-state index in [9.17, 15) is 4.79 Å². The van der Waals surface area contributed by atoms with E-state index in [1.165, 1.54) is 18.2 Å². The minimum absolute atomic E-state index is 0.0711. The van der Waals surface area contributed by atoms with Crippen LogP contribution in [0, 0.1) is 0 Å². The number of carboxylic acids is 1. The summed E-state index contributed by atoms with van der Waals surface area (Å²) in [4.78, 5) is 10.6. The number of phenolic OH excluding ortho intramolecular Hbond substituents is 1. The topological polar surface area (TPSA) is 83.3 Å². The van der Waals surface area contributed by atoms with E-state index in [0.717, 1.165) is 0 Å². The van der Waals surface area contributed by atoms with Crippen LogP contribution in [-0.2, 0) is 0 Å². The number of aromatic carboxylic acids is 1. The van der Waals surface area contributed by atoms with E-state index in [1.807, 2.05) is 0 Å². The highest BCUT2D eigenvalue weighted by Gasteiger charge is 2.06. The van der Waals surface area contributed by atoms with Crippen molar-refractivity contribution in [3.8, 4) is 5.75 Å². The van der Waals surface area contributed by atoms with Gasteiger partial charge in [-0.25, -0.2) is 4.79 Å². The number of aromatic hydroxyl groups is 1. The van der Waals surface area contributed by atoms with Crippen LogP contribution in [0.4, 0.5) is 0 Å². The molecule has 14 heavy (non-hydrogen) atoms. The molecule has 0 aliphatic heterocycles. The molecule has 0 atom stereocenters. The SMILES string of the molecule is O=C(O)c1cc2cc(O)ccc2nn1. The third-order valence-corrected chi connectivity index (χ3v) is 1.79. The molecule has 1 aromatic carbocycles. The number of fused-ring (bicyclic) bond motifs is 1. The lowest BCUT2D eigenvalue weighted by Gasteiger charge is -1.98. The van der Waals surface area contributed by atoms with Crippen LogP contribution >= 0.6 is 0 Å². The van der Waals surface area contributed by atoms with Crippen molar-refractivity contribution in [1.82, 2.24) is 10.2 Å². The molecule has 0 spiro atoms. The molecule has 0 unspecified atom stereocenters. The highest BCUT2D eigenvalue weighted by molar-refractivity contribution is 5.90. The number of benzene rings is 1. The van der Waals surface area contributed by atoms with Crippen LogP contribution in [0.1, 0.15) is 10.5 Å². The number of phenols is 1. The van der Waals surface area contributed by atoms with Crippen molar-refractivity contribution in [2.45, 2.75) is 0 Å². The summed E-state index contributed by atoms with van der Waals surface area (Å²) in [6.07, 6.45) is 0. The van der Waals surface area contributed by atoms with Gasteiger partial charge in [0.05, 0.1) is 5.52 Å². The first-order valence-corrected chi connectivity index (χ1v) is 3.86. The fourth-order valence-corrected chi connectivity index (χ4v) is 1.14. The Kier molecular flexibility index (Phi) is 1.78. The number of carbonyl (C=O) groups is 1. The maximum absolute atomic E-state index is 10.6. The minimum atomic E-state index is -1.14. The third-order valence-electron chi connectivity index (χ3n) is 1.79. The summed E-state index contributed by atoms with van der Waals surface area (Å²) >= 11 is 0.